The van der Waals surface area contributed by atoms with Gasteiger partial charge in [-0.25, -0.2) is 4.90 Å². The third-order valence-corrected chi connectivity index (χ3v) is 4.22. The van der Waals surface area contributed by atoms with Crippen LogP contribution in [0.4, 0.5) is 5.69 Å². The maximum Gasteiger partial charge on any atom is 0.278 e. The molecule has 0 radical (unpaired) electrons. The van der Waals surface area contributed by atoms with Gasteiger partial charge in [-0.05, 0) is 24.3 Å². The van der Waals surface area contributed by atoms with Crippen LogP contribution < -0.4 is 4.90 Å². The molecule has 2 aromatic rings. The van der Waals surface area contributed by atoms with Crippen LogP contribution in [0.3, 0.4) is 0 Å². The number of imide groups is 1. The van der Waals surface area contributed by atoms with Crippen molar-refractivity contribution in [3.8, 4) is 0 Å². The van der Waals surface area contributed by atoms with E-state index in [-0.39, 0.29) is 11.8 Å². The number of anilines is 1. The zero-order valence-corrected chi connectivity index (χ0v) is 12.6. The van der Waals surface area contributed by atoms with Crippen LogP contribution in [0.25, 0.3) is 0 Å². The number of benzene rings is 2. The Bertz CT molecular complexity index is 817. The highest BCUT2D eigenvalue weighted by Gasteiger charge is 2.56. The van der Waals surface area contributed by atoms with E-state index in [1.165, 1.54) is 4.90 Å². The van der Waals surface area contributed by atoms with Crippen molar-refractivity contribution in [1.29, 1.82) is 0 Å². The molecule has 0 spiro atoms. The van der Waals surface area contributed by atoms with Gasteiger partial charge in [0.25, 0.3) is 5.91 Å². The summed E-state index contributed by atoms with van der Waals surface area (Å²) < 4.78 is 0. The molecule has 0 aromatic heterocycles. The zero-order valence-electron chi connectivity index (χ0n) is 11.8. The van der Waals surface area contributed by atoms with E-state index in [2.05, 4.69) is 5.16 Å². The fraction of sp³-hybridized carbons (Fsp3) is 0.118. The lowest BCUT2D eigenvalue weighted by molar-refractivity contribution is -0.126. The lowest BCUT2D eigenvalue weighted by atomic mass is 9.94. The molecule has 2 amide bonds. The number of oxime groups is 1. The lowest BCUT2D eigenvalue weighted by Gasteiger charge is -2.15. The number of halogens is 1. The predicted octanol–water partition coefficient (Wildman–Crippen LogP) is 2.63. The highest BCUT2D eigenvalue weighted by molar-refractivity contribution is 6.33. The number of hydrogen-bond donors (Lipinski definition) is 0. The number of hydrogen-bond acceptors (Lipinski definition) is 4. The summed E-state index contributed by atoms with van der Waals surface area (Å²) in [7, 11) is 0. The minimum Gasteiger partial charge on any atom is -0.381 e. The predicted molar refractivity (Wildman–Crippen MR) is 85.3 cm³/mol. The third kappa shape index (κ3) is 2.12. The van der Waals surface area contributed by atoms with Gasteiger partial charge in [0.2, 0.25) is 12.0 Å². The van der Waals surface area contributed by atoms with Gasteiger partial charge in [-0.3, -0.25) is 9.59 Å². The Labute approximate surface area is 137 Å². The molecule has 5 nitrogen and oxygen atoms in total. The van der Waals surface area contributed by atoms with Crippen molar-refractivity contribution in [2.24, 2.45) is 11.1 Å². The van der Waals surface area contributed by atoms with E-state index < -0.39 is 12.0 Å². The summed E-state index contributed by atoms with van der Waals surface area (Å²) in [4.78, 5) is 31.7. The maximum absolute atomic E-state index is 12.8. The molecule has 1 saturated heterocycles. The second-order valence-electron chi connectivity index (χ2n) is 5.33. The highest BCUT2D eigenvalue weighted by Crippen LogP contribution is 2.35. The van der Waals surface area contributed by atoms with Gasteiger partial charge in [-0.15, -0.1) is 0 Å². The summed E-state index contributed by atoms with van der Waals surface area (Å²) in [5, 5.41) is 4.54. The van der Waals surface area contributed by atoms with Gasteiger partial charge in [0.1, 0.15) is 11.6 Å². The summed E-state index contributed by atoms with van der Waals surface area (Å²) in [6, 6.07) is 15.8. The summed E-state index contributed by atoms with van der Waals surface area (Å²) in [6.45, 7) is 0. The molecule has 2 unspecified atom stereocenters. The molecular weight excluding hydrogens is 316 g/mol. The van der Waals surface area contributed by atoms with Crippen LogP contribution in [0.1, 0.15) is 5.56 Å². The molecule has 2 aliphatic rings. The molecule has 0 aliphatic carbocycles. The van der Waals surface area contributed by atoms with Gasteiger partial charge in [-0.2, -0.15) is 0 Å². The Kier molecular flexibility index (Phi) is 3.16. The molecular formula is C17H11ClN2O3. The van der Waals surface area contributed by atoms with Gasteiger partial charge in [-0.1, -0.05) is 47.1 Å². The number of carbonyl (C=O) groups is 2. The third-order valence-electron chi connectivity index (χ3n) is 3.97. The standard InChI is InChI=1S/C17H11ClN2O3/c18-11-8-6-10(7-9-11)14-13-15(23-19-14)17(22)20(16(13)21)12-4-2-1-3-5-12/h1-9,13,15H. The van der Waals surface area contributed by atoms with E-state index in [0.29, 0.717) is 16.4 Å². The number of rotatable bonds is 2. The summed E-state index contributed by atoms with van der Waals surface area (Å²) in [5.74, 6) is -1.43. The van der Waals surface area contributed by atoms with Gasteiger partial charge < -0.3 is 4.84 Å². The number of carbonyl (C=O) groups excluding carboxylic acids is 2. The van der Waals surface area contributed by atoms with Gasteiger partial charge in [0.05, 0.1) is 5.69 Å². The molecule has 1 fully saturated rings. The smallest absolute Gasteiger partial charge is 0.278 e. The van der Waals surface area contributed by atoms with Crippen molar-refractivity contribution in [1.82, 2.24) is 0 Å². The van der Waals surface area contributed by atoms with Crippen LogP contribution in [0.2, 0.25) is 5.02 Å². The van der Waals surface area contributed by atoms with Crippen LogP contribution in [-0.2, 0) is 14.4 Å². The molecule has 2 heterocycles. The topological polar surface area (TPSA) is 59.0 Å². The first kappa shape index (κ1) is 14.0. The van der Waals surface area contributed by atoms with Crippen molar-refractivity contribution in [3.05, 3.63) is 65.2 Å². The van der Waals surface area contributed by atoms with Crippen LogP contribution >= 0.6 is 11.6 Å². The van der Waals surface area contributed by atoms with Crippen LogP contribution in [0, 0.1) is 5.92 Å². The molecule has 114 valence electrons. The summed E-state index contributed by atoms with van der Waals surface area (Å²) in [5.41, 5.74) is 1.72. The van der Waals surface area contributed by atoms with E-state index in [4.69, 9.17) is 16.4 Å². The number of amides is 2. The molecule has 23 heavy (non-hydrogen) atoms. The SMILES string of the molecule is O=C1C2ON=C(c3ccc(Cl)cc3)C2C(=O)N1c1ccccc1. The Morgan fingerprint density at radius 3 is 2.35 bits per heavy atom. The average molecular weight is 327 g/mol. The Balaban J connectivity index is 1.71. The second kappa shape index (κ2) is 5.21. The van der Waals surface area contributed by atoms with Crippen molar-refractivity contribution >= 4 is 34.8 Å². The van der Waals surface area contributed by atoms with Crippen molar-refractivity contribution in [3.63, 3.8) is 0 Å². The summed E-state index contributed by atoms with van der Waals surface area (Å²) in [6.07, 6.45) is -0.895. The van der Waals surface area contributed by atoms with E-state index >= 15 is 0 Å². The molecule has 2 aliphatic heterocycles. The van der Waals surface area contributed by atoms with Gasteiger partial charge >= 0.3 is 0 Å². The highest BCUT2D eigenvalue weighted by atomic mass is 35.5. The van der Waals surface area contributed by atoms with Crippen LogP contribution in [0.5, 0.6) is 0 Å². The van der Waals surface area contributed by atoms with Gasteiger partial charge in [0, 0.05) is 10.6 Å². The van der Waals surface area contributed by atoms with Crippen molar-refractivity contribution < 1.29 is 14.4 Å². The largest absolute Gasteiger partial charge is 0.381 e. The summed E-state index contributed by atoms with van der Waals surface area (Å²) >= 11 is 5.88. The van der Waals surface area contributed by atoms with Crippen LogP contribution in [0.15, 0.2) is 59.8 Å². The van der Waals surface area contributed by atoms with E-state index in [9.17, 15) is 9.59 Å². The molecule has 2 atom stereocenters. The molecule has 6 heteroatoms. The van der Waals surface area contributed by atoms with Gasteiger partial charge in [0.15, 0.2) is 0 Å². The fourth-order valence-electron chi connectivity index (χ4n) is 2.87. The minimum atomic E-state index is -0.895. The molecule has 0 bridgehead atoms. The number of nitrogens with zero attached hydrogens (tertiary/aromatic N) is 2. The monoisotopic (exact) mass is 326 g/mol. The first-order chi connectivity index (χ1) is 11.2. The Hall–Kier alpha value is -2.66. The Morgan fingerprint density at radius 1 is 0.957 bits per heavy atom. The van der Waals surface area contributed by atoms with Crippen LogP contribution in [-0.4, -0.2) is 23.6 Å². The quantitative estimate of drug-likeness (QED) is 0.797. The van der Waals surface area contributed by atoms with E-state index in [0.717, 1.165) is 5.56 Å². The second-order valence-corrected chi connectivity index (χ2v) is 5.77. The van der Waals surface area contributed by atoms with Crippen molar-refractivity contribution in [2.75, 3.05) is 4.90 Å². The molecule has 0 saturated carbocycles. The van der Waals surface area contributed by atoms with E-state index in [1.54, 1.807) is 48.5 Å². The molecule has 2 aromatic carbocycles. The number of fused-ring (bicyclic) bond motifs is 1. The minimum absolute atomic E-state index is 0.322. The average Bonchev–Trinajstić information content (AvgIpc) is 3.10. The Morgan fingerprint density at radius 2 is 1.65 bits per heavy atom. The van der Waals surface area contributed by atoms with Crippen molar-refractivity contribution in [2.45, 2.75) is 6.10 Å². The fourth-order valence-corrected chi connectivity index (χ4v) is 2.99. The van der Waals surface area contributed by atoms with E-state index in [1.807, 2.05) is 6.07 Å². The molecule has 0 N–H and O–H groups in total. The maximum atomic E-state index is 12.8. The lowest BCUT2D eigenvalue weighted by Crippen LogP contribution is -2.33. The normalized spacial score (nSPS) is 22.8. The number of para-hydroxylation sites is 1. The first-order valence-electron chi connectivity index (χ1n) is 7.09. The zero-order chi connectivity index (χ0) is 16.0. The molecule has 4 rings (SSSR count). The first-order valence-corrected chi connectivity index (χ1v) is 7.47.